The number of halogens is 2. The van der Waals surface area contributed by atoms with E-state index in [2.05, 4.69) is 9.97 Å². The Morgan fingerprint density at radius 1 is 1.00 bits per heavy atom. The van der Waals surface area contributed by atoms with Crippen LogP contribution in [0.4, 0.5) is 8.78 Å². The molecular weight excluding hydrogens is 278 g/mol. The van der Waals surface area contributed by atoms with Crippen molar-refractivity contribution in [3.8, 4) is 10.7 Å². The van der Waals surface area contributed by atoms with Crippen LogP contribution in [0.1, 0.15) is 0 Å². The number of fused-ring (bicyclic) bond motifs is 2. The van der Waals surface area contributed by atoms with Gasteiger partial charge >= 0.3 is 0 Å². The van der Waals surface area contributed by atoms with Crippen LogP contribution in [-0.4, -0.2) is 9.97 Å². The van der Waals surface area contributed by atoms with Gasteiger partial charge in [-0.05, 0) is 17.5 Å². The normalized spacial score (nSPS) is 11.5. The van der Waals surface area contributed by atoms with Crippen molar-refractivity contribution in [1.82, 2.24) is 9.97 Å². The molecule has 2 aromatic heterocycles. The first-order chi connectivity index (χ1) is 9.70. The number of hydrogen-bond donors (Lipinski definition) is 1. The summed E-state index contributed by atoms with van der Waals surface area (Å²) in [5.74, 6) is -1.12. The summed E-state index contributed by atoms with van der Waals surface area (Å²) in [5, 5.41) is 1.13. The molecule has 0 atom stereocenters. The summed E-state index contributed by atoms with van der Waals surface area (Å²) in [5.41, 5.74) is 0.924. The number of aromatic nitrogens is 2. The number of nitrogens with zero attached hydrogens (tertiary/aromatic N) is 1. The molecule has 20 heavy (non-hydrogen) atoms. The van der Waals surface area contributed by atoms with Crippen LogP contribution in [0.25, 0.3) is 31.8 Å². The molecule has 0 saturated heterocycles. The van der Waals surface area contributed by atoms with Gasteiger partial charge in [0.05, 0.1) is 15.9 Å². The minimum atomic E-state index is -0.883. The second-order valence-corrected chi connectivity index (χ2v) is 5.60. The molecule has 0 amide bonds. The molecule has 0 radical (unpaired) electrons. The minimum absolute atomic E-state index is 0.427. The Kier molecular flexibility index (Phi) is 2.37. The molecular formula is C15H8F2N2S. The topological polar surface area (TPSA) is 28.7 Å². The van der Waals surface area contributed by atoms with Crippen LogP contribution in [0.15, 0.2) is 42.5 Å². The van der Waals surface area contributed by atoms with Gasteiger partial charge in [-0.25, -0.2) is 13.8 Å². The van der Waals surface area contributed by atoms with Crippen molar-refractivity contribution >= 4 is 32.5 Å². The van der Waals surface area contributed by atoms with E-state index in [0.717, 1.165) is 27.1 Å². The predicted molar refractivity (Wildman–Crippen MR) is 76.8 cm³/mol. The van der Waals surface area contributed by atoms with Crippen molar-refractivity contribution in [2.75, 3.05) is 0 Å². The van der Waals surface area contributed by atoms with E-state index in [4.69, 9.17) is 0 Å². The summed E-state index contributed by atoms with van der Waals surface area (Å²) in [4.78, 5) is 8.31. The first kappa shape index (κ1) is 11.5. The van der Waals surface area contributed by atoms with E-state index in [9.17, 15) is 8.78 Å². The summed E-state index contributed by atoms with van der Waals surface area (Å²) in [6, 6.07) is 12.3. The van der Waals surface area contributed by atoms with Crippen molar-refractivity contribution in [2.45, 2.75) is 0 Å². The third-order valence-corrected chi connectivity index (χ3v) is 4.31. The number of nitrogens with one attached hydrogen (secondary N) is 1. The molecule has 0 aliphatic heterocycles. The van der Waals surface area contributed by atoms with Crippen molar-refractivity contribution in [3.05, 3.63) is 54.1 Å². The summed E-state index contributed by atoms with van der Waals surface area (Å²) < 4.78 is 27.6. The van der Waals surface area contributed by atoms with Gasteiger partial charge in [-0.15, -0.1) is 11.3 Å². The second-order valence-electron chi connectivity index (χ2n) is 4.52. The molecule has 2 heterocycles. The lowest BCUT2D eigenvalue weighted by Crippen LogP contribution is -1.82. The van der Waals surface area contributed by atoms with E-state index in [1.807, 2.05) is 30.3 Å². The van der Waals surface area contributed by atoms with Crippen LogP contribution in [0, 0.1) is 11.6 Å². The quantitative estimate of drug-likeness (QED) is 0.538. The molecule has 2 aromatic carbocycles. The van der Waals surface area contributed by atoms with Crippen LogP contribution < -0.4 is 0 Å². The zero-order valence-electron chi connectivity index (χ0n) is 10.2. The maximum atomic E-state index is 13.2. The highest BCUT2D eigenvalue weighted by Crippen LogP contribution is 2.33. The average molecular weight is 286 g/mol. The molecule has 98 valence electrons. The maximum absolute atomic E-state index is 13.2. The monoisotopic (exact) mass is 286 g/mol. The summed E-state index contributed by atoms with van der Waals surface area (Å²) >= 11 is 1.59. The molecule has 4 rings (SSSR count). The number of benzene rings is 2. The lowest BCUT2D eigenvalue weighted by Gasteiger charge is -1.90. The molecule has 2 nitrogen and oxygen atoms in total. The molecule has 5 heteroatoms. The Morgan fingerprint density at radius 3 is 2.65 bits per heavy atom. The maximum Gasteiger partial charge on any atom is 0.161 e. The lowest BCUT2D eigenvalue weighted by atomic mass is 10.2. The highest BCUT2D eigenvalue weighted by molar-refractivity contribution is 7.22. The SMILES string of the molecule is Fc1cc2nc(-c3cc4ccccc4s3)[nH]c2cc1F. The van der Waals surface area contributed by atoms with Gasteiger partial charge in [0.15, 0.2) is 11.6 Å². The fourth-order valence-corrected chi connectivity index (χ4v) is 3.23. The van der Waals surface area contributed by atoms with Gasteiger partial charge in [0.25, 0.3) is 0 Å². The van der Waals surface area contributed by atoms with Gasteiger partial charge < -0.3 is 4.98 Å². The van der Waals surface area contributed by atoms with Crippen molar-refractivity contribution in [2.24, 2.45) is 0 Å². The predicted octanol–water partition coefficient (Wildman–Crippen LogP) is 4.72. The van der Waals surface area contributed by atoms with Gasteiger partial charge in [-0.2, -0.15) is 0 Å². The lowest BCUT2D eigenvalue weighted by molar-refractivity contribution is 0.510. The first-order valence-corrected chi connectivity index (χ1v) is 6.86. The Hall–Kier alpha value is -2.27. The van der Waals surface area contributed by atoms with Crippen molar-refractivity contribution < 1.29 is 8.78 Å². The molecule has 0 aliphatic rings. The minimum Gasteiger partial charge on any atom is -0.337 e. The van der Waals surface area contributed by atoms with Crippen LogP contribution >= 0.6 is 11.3 Å². The molecule has 0 fully saturated rings. The number of imidazole rings is 1. The molecule has 0 aliphatic carbocycles. The van der Waals surface area contributed by atoms with Gasteiger partial charge in [-0.3, -0.25) is 0 Å². The zero-order chi connectivity index (χ0) is 13.7. The highest BCUT2D eigenvalue weighted by atomic mass is 32.1. The standard InChI is InChI=1S/C15H8F2N2S/c16-9-6-11-12(7-10(9)17)19-15(18-11)14-5-8-3-1-2-4-13(8)20-14/h1-7H,(H,18,19). The van der Waals surface area contributed by atoms with Gasteiger partial charge in [0, 0.05) is 16.8 Å². The molecule has 0 bridgehead atoms. The fraction of sp³-hybridized carbons (Fsp3) is 0. The van der Waals surface area contributed by atoms with E-state index >= 15 is 0 Å². The Bertz CT molecular complexity index is 868. The summed E-state index contributed by atoms with van der Waals surface area (Å²) in [6.45, 7) is 0. The second kappa shape index (κ2) is 4.11. The fourth-order valence-electron chi connectivity index (χ4n) is 2.22. The first-order valence-electron chi connectivity index (χ1n) is 6.04. The Balaban J connectivity index is 1.93. The van der Waals surface area contributed by atoms with Crippen LogP contribution in [0.3, 0.4) is 0 Å². The summed E-state index contributed by atoms with van der Waals surface area (Å²) in [6.07, 6.45) is 0. The highest BCUT2D eigenvalue weighted by Gasteiger charge is 2.11. The molecule has 0 spiro atoms. The molecule has 1 N–H and O–H groups in total. The number of rotatable bonds is 1. The number of aromatic amines is 1. The third-order valence-electron chi connectivity index (χ3n) is 3.18. The van der Waals surface area contributed by atoms with E-state index in [1.165, 1.54) is 0 Å². The third kappa shape index (κ3) is 1.71. The van der Waals surface area contributed by atoms with Crippen LogP contribution in [-0.2, 0) is 0 Å². The largest absolute Gasteiger partial charge is 0.337 e. The van der Waals surface area contributed by atoms with Crippen LogP contribution in [0.2, 0.25) is 0 Å². The van der Waals surface area contributed by atoms with Crippen molar-refractivity contribution in [3.63, 3.8) is 0 Å². The Morgan fingerprint density at radius 2 is 1.80 bits per heavy atom. The van der Waals surface area contributed by atoms with E-state index in [-0.39, 0.29) is 0 Å². The van der Waals surface area contributed by atoms with E-state index in [1.54, 1.807) is 11.3 Å². The van der Waals surface area contributed by atoms with Gasteiger partial charge in [0.2, 0.25) is 0 Å². The summed E-state index contributed by atoms with van der Waals surface area (Å²) in [7, 11) is 0. The van der Waals surface area contributed by atoms with Crippen LogP contribution in [0.5, 0.6) is 0 Å². The molecule has 0 saturated carbocycles. The molecule has 0 unspecified atom stereocenters. The zero-order valence-corrected chi connectivity index (χ0v) is 11.0. The Labute approximate surface area is 116 Å². The number of H-pyrrole nitrogens is 1. The average Bonchev–Trinajstić information content (AvgIpc) is 3.02. The van der Waals surface area contributed by atoms with E-state index < -0.39 is 11.6 Å². The smallest absolute Gasteiger partial charge is 0.161 e. The van der Waals surface area contributed by atoms with Crippen molar-refractivity contribution in [1.29, 1.82) is 0 Å². The van der Waals surface area contributed by atoms with E-state index in [0.29, 0.717) is 16.9 Å². The van der Waals surface area contributed by atoms with Gasteiger partial charge in [-0.1, -0.05) is 18.2 Å². The molecule has 4 aromatic rings. The van der Waals surface area contributed by atoms with Gasteiger partial charge in [0.1, 0.15) is 5.82 Å². The number of thiophene rings is 1. The number of hydrogen-bond acceptors (Lipinski definition) is 2.